The van der Waals surface area contributed by atoms with E-state index in [1.165, 1.54) is 21.3 Å². The summed E-state index contributed by atoms with van der Waals surface area (Å²) in [5, 5.41) is 3.20. The highest BCUT2D eigenvalue weighted by molar-refractivity contribution is 7.81. The average molecular weight is 277 g/mol. The van der Waals surface area contributed by atoms with Gasteiger partial charge in [-0.1, -0.05) is 5.11 Å². The molecule has 1 atom stereocenters. The standard InChI is InChI=1S/C7H11N3O4.B7/c1-13-6(11)4-3-5(9-10-8)7(12)14-2;1-5-7(4)6(2)3/h5H,3-4H2,1-2H3;/t5-;/m1./s1. The molecule has 21 heavy (non-hydrogen) atoms. The van der Waals surface area contributed by atoms with Crippen LogP contribution in [0.2, 0.25) is 0 Å². The van der Waals surface area contributed by atoms with Crippen molar-refractivity contribution >= 4 is 62.7 Å². The third-order valence-electron chi connectivity index (χ3n) is 2.18. The molecule has 0 aromatic carbocycles. The maximum Gasteiger partial charge on any atom is 0.314 e. The molecule has 0 saturated carbocycles. The molecule has 0 fully saturated rings. The number of methoxy groups -OCH3 is 2. The molecule has 0 aromatic rings. The van der Waals surface area contributed by atoms with E-state index in [-0.39, 0.29) is 19.2 Å². The normalized spacial score (nSPS) is 9.81. The van der Waals surface area contributed by atoms with Gasteiger partial charge in [-0.2, -0.15) is 0 Å². The Bertz CT molecular complexity index is 366. The number of nitrogens with zero attached hydrogens (tertiary/aromatic N) is 3. The predicted octanol–water partition coefficient (Wildman–Crippen LogP) is -1.87. The topological polar surface area (TPSA) is 101 Å². The third kappa shape index (κ3) is 12.2. The van der Waals surface area contributed by atoms with Crippen LogP contribution in [-0.4, -0.2) is 83.0 Å². The first-order chi connectivity index (χ1) is 9.83. The minimum atomic E-state index is -0.968. The lowest BCUT2D eigenvalue weighted by atomic mass is 8.76. The predicted molar refractivity (Wildman–Crippen MR) is 86.5 cm³/mol. The SMILES string of the molecule is COC(=O)CC[C@@H](N=[N+]=[N-])C(=O)OC.[B][B]B([B])B([B])[B]. The lowest BCUT2D eigenvalue weighted by Gasteiger charge is -2.06. The molecule has 0 N–H and O–H groups in total. The molecule has 7 nitrogen and oxygen atoms in total. The van der Waals surface area contributed by atoms with Crippen LogP contribution in [0.4, 0.5) is 0 Å². The first kappa shape index (κ1) is 22.0. The van der Waals surface area contributed by atoms with Crippen LogP contribution >= 0.6 is 0 Å². The fraction of sp³-hybridized carbons (Fsp3) is 0.714. The molecule has 0 heterocycles. The van der Waals surface area contributed by atoms with E-state index < -0.39 is 24.4 Å². The van der Waals surface area contributed by atoms with E-state index >= 15 is 0 Å². The molecule has 0 aliphatic heterocycles. The molecule has 0 amide bonds. The summed E-state index contributed by atoms with van der Waals surface area (Å²) in [7, 11) is 24.0. The highest BCUT2D eigenvalue weighted by atomic mass is 16.5. The fourth-order valence-electron chi connectivity index (χ4n) is 0.906. The Balaban J connectivity index is 0. The number of azide groups is 1. The quantitative estimate of drug-likeness (QED) is 0.179. The Kier molecular flexibility index (Phi) is 14.3. The van der Waals surface area contributed by atoms with Crippen LogP contribution in [0.1, 0.15) is 12.8 Å². The van der Waals surface area contributed by atoms with Gasteiger partial charge in [-0.15, -0.1) is 0 Å². The number of hydrogen-bond donors (Lipinski definition) is 0. The van der Waals surface area contributed by atoms with Crippen LogP contribution in [-0.2, 0) is 19.1 Å². The zero-order chi connectivity index (χ0) is 16.8. The molecule has 0 aliphatic carbocycles. The van der Waals surface area contributed by atoms with Gasteiger partial charge in [-0.25, -0.2) is 0 Å². The van der Waals surface area contributed by atoms with Crippen molar-refractivity contribution in [2.45, 2.75) is 18.9 Å². The largest absolute Gasteiger partial charge is 0.469 e. The summed E-state index contributed by atoms with van der Waals surface area (Å²) in [5.74, 6) is -1.13. The second kappa shape index (κ2) is 13.7. The highest BCUT2D eigenvalue weighted by Gasteiger charge is 2.18. The van der Waals surface area contributed by atoms with Crippen molar-refractivity contribution in [3.05, 3.63) is 10.4 Å². The summed E-state index contributed by atoms with van der Waals surface area (Å²) in [4.78, 5) is 24.2. The number of esters is 2. The van der Waals surface area contributed by atoms with Crippen molar-refractivity contribution in [3.8, 4) is 0 Å². The molecule has 0 saturated heterocycles. The van der Waals surface area contributed by atoms with Crippen molar-refractivity contribution in [2.24, 2.45) is 5.11 Å². The molecule has 0 aromatic heterocycles. The smallest absolute Gasteiger partial charge is 0.314 e. The Labute approximate surface area is 131 Å². The second-order valence-electron chi connectivity index (χ2n) is 3.71. The van der Waals surface area contributed by atoms with Crippen LogP contribution in [0.25, 0.3) is 10.4 Å². The van der Waals surface area contributed by atoms with Crippen LogP contribution in [0.15, 0.2) is 5.11 Å². The molecule has 0 rings (SSSR count). The van der Waals surface area contributed by atoms with Gasteiger partial charge in [0.2, 0.25) is 0 Å². The number of carbonyl (C=O) groups is 2. The van der Waals surface area contributed by atoms with E-state index in [4.69, 9.17) is 36.5 Å². The Morgan fingerprint density at radius 1 is 1.33 bits per heavy atom. The number of ether oxygens (including phenoxy) is 2. The first-order valence-electron chi connectivity index (χ1n) is 5.84. The maximum atomic E-state index is 11.0. The van der Waals surface area contributed by atoms with Crippen LogP contribution in [0, 0.1) is 0 Å². The lowest BCUT2D eigenvalue weighted by molar-refractivity contribution is -0.143. The molecular weight excluding hydrogens is 266 g/mol. The van der Waals surface area contributed by atoms with Gasteiger partial charge >= 0.3 is 11.9 Å². The zero-order valence-corrected chi connectivity index (χ0v) is 12.0. The van der Waals surface area contributed by atoms with Gasteiger partial charge in [0.15, 0.2) is 0 Å². The Hall–Kier alpha value is -1.30. The number of rotatable bonds is 7. The molecule has 0 aliphatic rings. The third-order valence-corrected chi connectivity index (χ3v) is 2.18. The molecule has 0 spiro atoms. The molecule has 9 radical (unpaired) electrons. The van der Waals surface area contributed by atoms with E-state index in [0.717, 1.165) is 0 Å². The van der Waals surface area contributed by atoms with Crippen LogP contribution < -0.4 is 0 Å². The summed E-state index contributed by atoms with van der Waals surface area (Å²) >= 11 is 0. The summed E-state index contributed by atoms with van der Waals surface area (Å²) in [6.07, 6.45) is -0.830. The molecule has 14 heteroatoms. The number of carbonyl (C=O) groups excluding carboxylic acids is 2. The van der Waals surface area contributed by atoms with E-state index in [9.17, 15) is 9.59 Å². The van der Waals surface area contributed by atoms with Crippen molar-refractivity contribution in [1.82, 2.24) is 0 Å². The van der Waals surface area contributed by atoms with E-state index in [2.05, 4.69) is 19.5 Å². The molecule has 99 valence electrons. The van der Waals surface area contributed by atoms with Crippen LogP contribution in [0.5, 0.6) is 0 Å². The van der Waals surface area contributed by atoms with E-state index in [0.29, 0.717) is 0 Å². The molecular formula is C7H11B7N3O4. The highest BCUT2D eigenvalue weighted by Crippen LogP contribution is 2.05. The van der Waals surface area contributed by atoms with Gasteiger partial charge in [0.1, 0.15) is 6.04 Å². The Morgan fingerprint density at radius 3 is 2.19 bits per heavy atom. The van der Waals surface area contributed by atoms with Crippen molar-refractivity contribution in [1.29, 1.82) is 0 Å². The Morgan fingerprint density at radius 2 is 1.90 bits per heavy atom. The van der Waals surface area contributed by atoms with Gasteiger partial charge in [-0.05, 0) is 12.0 Å². The van der Waals surface area contributed by atoms with Crippen molar-refractivity contribution in [3.63, 3.8) is 0 Å². The van der Waals surface area contributed by atoms with Gasteiger partial charge in [0.05, 0.1) is 14.2 Å². The summed E-state index contributed by atoms with van der Waals surface area (Å²) in [6, 6.07) is -0.968. The monoisotopic (exact) mass is 278 g/mol. The fourth-order valence-corrected chi connectivity index (χ4v) is 0.906. The minimum Gasteiger partial charge on any atom is -0.469 e. The molecule has 0 bridgehead atoms. The molecule has 0 unspecified atom stereocenters. The van der Waals surface area contributed by atoms with E-state index in [1.54, 1.807) is 0 Å². The average Bonchev–Trinajstić information content (AvgIpc) is 2.49. The summed E-state index contributed by atoms with van der Waals surface area (Å²) in [6.45, 7) is 0. The van der Waals surface area contributed by atoms with Crippen molar-refractivity contribution < 1.29 is 19.1 Å². The zero-order valence-electron chi connectivity index (χ0n) is 12.0. The number of hydrogen-bond acceptors (Lipinski definition) is 5. The second-order valence-corrected chi connectivity index (χ2v) is 3.71. The maximum absolute atomic E-state index is 11.0. The van der Waals surface area contributed by atoms with Crippen molar-refractivity contribution in [2.75, 3.05) is 14.2 Å². The summed E-state index contributed by atoms with van der Waals surface area (Å²) in [5.41, 5.74) is 8.14. The van der Waals surface area contributed by atoms with Gasteiger partial charge in [-0.3, -0.25) is 9.59 Å². The lowest BCUT2D eigenvalue weighted by Crippen LogP contribution is -2.43. The van der Waals surface area contributed by atoms with Gasteiger partial charge in [0.25, 0.3) is 0 Å². The van der Waals surface area contributed by atoms with E-state index in [1.807, 2.05) is 0 Å². The van der Waals surface area contributed by atoms with Crippen LogP contribution in [0.3, 0.4) is 0 Å². The van der Waals surface area contributed by atoms with Gasteiger partial charge in [0, 0.05) is 62.1 Å². The minimum absolute atomic E-state index is 0.00921. The first-order valence-corrected chi connectivity index (χ1v) is 5.84. The summed E-state index contributed by atoms with van der Waals surface area (Å²) < 4.78 is 8.74. The van der Waals surface area contributed by atoms with Gasteiger partial charge < -0.3 is 9.47 Å².